The van der Waals surface area contributed by atoms with Crippen LogP contribution in [-0.4, -0.2) is 10.2 Å². The molecule has 0 aliphatic heterocycles. The summed E-state index contributed by atoms with van der Waals surface area (Å²) in [5.74, 6) is 0. The van der Waals surface area contributed by atoms with E-state index in [-0.39, 0.29) is 6.10 Å². The van der Waals surface area contributed by atoms with Crippen molar-refractivity contribution < 1.29 is 10.2 Å². The van der Waals surface area contributed by atoms with E-state index in [2.05, 4.69) is 12.1 Å². The summed E-state index contributed by atoms with van der Waals surface area (Å²) in [5.41, 5.74) is 4.37. The maximum Gasteiger partial charge on any atom is 0.0830 e. The molecule has 2 N–H and O–H groups in total. The average molecular weight is 216 g/mol. The third-order valence-corrected chi connectivity index (χ3v) is 3.64. The van der Waals surface area contributed by atoms with E-state index in [0.29, 0.717) is 6.42 Å². The molecule has 2 unspecified atom stereocenters. The Morgan fingerprint density at radius 2 is 1.94 bits per heavy atom. The maximum absolute atomic E-state index is 9.95. The molecule has 2 heteroatoms. The molecule has 2 atom stereocenters. The molecule has 84 valence electrons. The molecule has 2 aliphatic rings. The SMILES string of the molecule is OC1CC=Cc2cc3c(cc21)C(O)CCC3. The van der Waals surface area contributed by atoms with Crippen molar-refractivity contribution in [3.8, 4) is 0 Å². The summed E-state index contributed by atoms with van der Waals surface area (Å²) in [7, 11) is 0. The summed E-state index contributed by atoms with van der Waals surface area (Å²) >= 11 is 0. The molecule has 2 aliphatic carbocycles. The number of hydrogen-bond acceptors (Lipinski definition) is 2. The average Bonchev–Trinajstić information content (AvgIpc) is 2.28. The molecule has 3 rings (SSSR count). The van der Waals surface area contributed by atoms with Crippen molar-refractivity contribution in [3.05, 3.63) is 40.5 Å². The summed E-state index contributed by atoms with van der Waals surface area (Å²) in [6.45, 7) is 0. The summed E-state index contributed by atoms with van der Waals surface area (Å²) in [6, 6.07) is 4.13. The normalized spacial score (nSPS) is 27.4. The van der Waals surface area contributed by atoms with Crippen molar-refractivity contribution >= 4 is 6.08 Å². The zero-order valence-corrected chi connectivity index (χ0v) is 9.19. The fraction of sp³-hybridized carbons (Fsp3) is 0.429. The molecule has 0 aromatic heterocycles. The zero-order valence-electron chi connectivity index (χ0n) is 9.19. The maximum atomic E-state index is 9.95. The second-order valence-electron chi connectivity index (χ2n) is 4.74. The number of rotatable bonds is 0. The summed E-state index contributed by atoms with van der Waals surface area (Å²) in [4.78, 5) is 0. The highest BCUT2D eigenvalue weighted by atomic mass is 16.3. The van der Waals surface area contributed by atoms with Crippen LogP contribution in [0.15, 0.2) is 18.2 Å². The van der Waals surface area contributed by atoms with Crippen LogP contribution in [0.5, 0.6) is 0 Å². The van der Waals surface area contributed by atoms with E-state index in [1.165, 1.54) is 5.56 Å². The van der Waals surface area contributed by atoms with Crippen LogP contribution < -0.4 is 0 Å². The van der Waals surface area contributed by atoms with Crippen molar-refractivity contribution in [2.45, 2.75) is 37.9 Å². The van der Waals surface area contributed by atoms with Crippen LogP contribution >= 0.6 is 0 Å². The number of aliphatic hydroxyl groups is 2. The van der Waals surface area contributed by atoms with Gasteiger partial charge < -0.3 is 10.2 Å². The molecular formula is C14H16O2. The number of hydrogen-bond donors (Lipinski definition) is 2. The van der Waals surface area contributed by atoms with Crippen molar-refractivity contribution in [2.75, 3.05) is 0 Å². The number of aryl methyl sites for hydroxylation is 1. The second kappa shape index (κ2) is 3.72. The van der Waals surface area contributed by atoms with Gasteiger partial charge in [-0.3, -0.25) is 0 Å². The van der Waals surface area contributed by atoms with Gasteiger partial charge in [0.1, 0.15) is 0 Å². The second-order valence-corrected chi connectivity index (χ2v) is 4.74. The van der Waals surface area contributed by atoms with E-state index in [0.717, 1.165) is 36.0 Å². The summed E-state index contributed by atoms with van der Waals surface area (Å²) in [6.07, 6.45) is 6.97. The highest BCUT2D eigenvalue weighted by Crippen LogP contribution is 2.36. The first-order chi connectivity index (χ1) is 7.75. The fourth-order valence-electron chi connectivity index (χ4n) is 2.75. The van der Waals surface area contributed by atoms with Crippen LogP contribution in [0, 0.1) is 0 Å². The third-order valence-electron chi connectivity index (χ3n) is 3.64. The van der Waals surface area contributed by atoms with Gasteiger partial charge in [-0.05, 0) is 54.0 Å². The van der Waals surface area contributed by atoms with Gasteiger partial charge in [-0.25, -0.2) is 0 Å². The monoisotopic (exact) mass is 216 g/mol. The molecule has 0 amide bonds. The molecule has 0 fully saturated rings. The van der Waals surface area contributed by atoms with E-state index < -0.39 is 6.10 Å². The van der Waals surface area contributed by atoms with E-state index >= 15 is 0 Å². The molecule has 0 bridgehead atoms. The molecule has 0 spiro atoms. The third kappa shape index (κ3) is 1.49. The lowest BCUT2D eigenvalue weighted by Crippen LogP contribution is -2.12. The predicted octanol–water partition coefficient (Wildman–Crippen LogP) is 2.51. The van der Waals surface area contributed by atoms with Gasteiger partial charge in [0.25, 0.3) is 0 Å². The molecular weight excluding hydrogens is 200 g/mol. The van der Waals surface area contributed by atoms with Crippen LogP contribution in [0.3, 0.4) is 0 Å². The van der Waals surface area contributed by atoms with Crippen molar-refractivity contribution in [1.82, 2.24) is 0 Å². The van der Waals surface area contributed by atoms with Crippen LogP contribution in [-0.2, 0) is 6.42 Å². The lowest BCUT2D eigenvalue weighted by Gasteiger charge is -2.26. The molecule has 1 aromatic carbocycles. The van der Waals surface area contributed by atoms with Gasteiger partial charge >= 0.3 is 0 Å². The Morgan fingerprint density at radius 3 is 2.81 bits per heavy atom. The molecule has 2 nitrogen and oxygen atoms in total. The number of benzene rings is 1. The van der Waals surface area contributed by atoms with E-state index in [9.17, 15) is 10.2 Å². The van der Waals surface area contributed by atoms with E-state index in [1.54, 1.807) is 0 Å². The molecule has 0 radical (unpaired) electrons. The Labute approximate surface area is 95.2 Å². The first kappa shape index (κ1) is 10.1. The Hall–Kier alpha value is -1.12. The van der Waals surface area contributed by atoms with Crippen LogP contribution in [0.1, 0.15) is 53.7 Å². The minimum absolute atomic E-state index is 0.341. The molecule has 1 aromatic rings. The van der Waals surface area contributed by atoms with Crippen LogP contribution in [0.4, 0.5) is 0 Å². The minimum Gasteiger partial charge on any atom is -0.388 e. The van der Waals surface area contributed by atoms with Gasteiger partial charge in [-0.2, -0.15) is 0 Å². The Balaban J connectivity index is 2.15. The van der Waals surface area contributed by atoms with Gasteiger partial charge in [-0.1, -0.05) is 18.2 Å². The van der Waals surface area contributed by atoms with Gasteiger partial charge in [0, 0.05) is 0 Å². The molecule has 0 saturated heterocycles. The quantitative estimate of drug-likeness (QED) is 0.699. The highest BCUT2D eigenvalue weighted by Gasteiger charge is 2.22. The lowest BCUT2D eigenvalue weighted by atomic mass is 9.83. The van der Waals surface area contributed by atoms with Gasteiger partial charge in [0.05, 0.1) is 12.2 Å². The molecule has 0 heterocycles. The van der Waals surface area contributed by atoms with E-state index in [4.69, 9.17) is 0 Å². The Bertz CT molecular complexity index is 448. The summed E-state index contributed by atoms with van der Waals surface area (Å²) in [5, 5.41) is 19.9. The largest absolute Gasteiger partial charge is 0.388 e. The van der Waals surface area contributed by atoms with Gasteiger partial charge in [0.15, 0.2) is 0 Å². The smallest absolute Gasteiger partial charge is 0.0830 e. The Kier molecular flexibility index (Phi) is 2.34. The highest BCUT2D eigenvalue weighted by molar-refractivity contribution is 5.60. The van der Waals surface area contributed by atoms with Gasteiger partial charge in [0.2, 0.25) is 0 Å². The molecule has 0 saturated carbocycles. The van der Waals surface area contributed by atoms with Crippen molar-refractivity contribution in [1.29, 1.82) is 0 Å². The zero-order chi connectivity index (χ0) is 11.1. The lowest BCUT2D eigenvalue weighted by molar-refractivity contribution is 0.154. The van der Waals surface area contributed by atoms with Crippen LogP contribution in [0.25, 0.3) is 6.08 Å². The number of fused-ring (bicyclic) bond motifs is 2. The van der Waals surface area contributed by atoms with Crippen LogP contribution in [0.2, 0.25) is 0 Å². The summed E-state index contributed by atoms with van der Waals surface area (Å²) < 4.78 is 0. The number of aliphatic hydroxyl groups excluding tert-OH is 2. The standard InChI is InChI=1S/C14H16O2/c15-13-5-1-3-9-7-10-4-2-6-14(16)12(10)8-11(9)13/h1,3,7-8,13-16H,2,4-6H2. The van der Waals surface area contributed by atoms with Crippen molar-refractivity contribution in [2.24, 2.45) is 0 Å². The van der Waals surface area contributed by atoms with Gasteiger partial charge in [-0.15, -0.1) is 0 Å². The minimum atomic E-state index is -0.403. The predicted molar refractivity (Wildman–Crippen MR) is 63.0 cm³/mol. The first-order valence-electron chi connectivity index (χ1n) is 5.95. The Morgan fingerprint density at radius 1 is 1.06 bits per heavy atom. The molecule has 16 heavy (non-hydrogen) atoms. The van der Waals surface area contributed by atoms with E-state index in [1.807, 2.05) is 12.1 Å². The van der Waals surface area contributed by atoms with Crippen molar-refractivity contribution in [3.63, 3.8) is 0 Å². The first-order valence-corrected chi connectivity index (χ1v) is 5.95. The topological polar surface area (TPSA) is 40.5 Å². The fourth-order valence-corrected chi connectivity index (χ4v) is 2.75.